The molecule has 1 heterocycles. The van der Waals surface area contributed by atoms with Crippen molar-refractivity contribution in [3.05, 3.63) is 60.3 Å². The first-order chi connectivity index (χ1) is 10.7. The molecule has 2 aromatic carbocycles. The SMILES string of the molecule is CN(c1ccc(O)cc1)c1ncc(-c2ccc(CN)cc2)[nH]1. The monoisotopic (exact) mass is 294 g/mol. The highest BCUT2D eigenvalue weighted by Crippen LogP contribution is 2.25. The fourth-order valence-corrected chi connectivity index (χ4v) is 2.25. The summed E-state index contributed by atoms with van der Waals surface area (Å²) in [4.78, 5) is 9.65. The van der Waals surface area contributed by atoms with Gasteiger partial charge in [-0.3, -0.25) is 0 Å². The van der Waals surface area contributed by atoms with E-state index in [0.29, 0.717) is 6.54 Å². The summed E-state index contributed by atoms with van der Waals surface area (Å²) in [5.74, 6) is 0.987. The Labute approximate surface area is 129 Å². The van der Waals surface area contributed by atoms with E-state index in [4.69, 9.17) is 5.73 Å². The molecule has 0 aliphatic rings. The summed E-state index contributed by atoms with van der Waals surface area (Å²) >= 11 is 0. The van der Waals surface area contributed by atoms with Gasteiger partial charge in [0.25, 0.3) is 0 Å². The summed E-state index contributed by atoms with van der Waals surface area (Å²) in [5.41, 5.74) is 9.67. The van der Waals surface area contributed by atoms with Gasteiger partial charge in [0, 0.05) is 19.3 Å². The summed E-state index contributed by atoms with van der Waals surface area (Å²) in [6.45, 7) is 0.540. The molecule has 0 aliphatic heterocycles. The molecule has 0 radical (unpaired) electrons. The van der Waals surface area contributed by atoms with Crippen molar-refractivity contribution in [3.63, 3.8) is 0 Å². The highest BCUT2D eigenvalue weighted by Gasteiger charge is 2.09. The van der Waals surface area contributed by atoms with Gasteiger partial charge < -0.3 is 20.7 Å². The van der Waals surface area contributed by atoms with E-state index < -0.39 is 0 Å². The number of H-pyrrole nitrogens is 1. The number of hydrogen-bond donors (Lipinski definition) is 3. The Hall–Kier alpha value is -2.79. The summed E-state index contributed by atoms with van der Waals surface area (Å²) < 4.78 is 0. The number of nitrogens with one attached hydrogen (secondary N) is 1. The molecule has 3 aromatic rings. The Morgan fingerprint density at radius 3 is 2.41 bits per heavy atom. The smallest absolute Gasteiger partial charge is 0.207 e. The molecule has 0 spiro atoms. The van der Waals surface area contributed by atoms with E-state index in [1.807, 2.05) is 54.5 Å². The average Bonchev–Trinajstić information content (AvgIpc) is 3.05. The molecule has 112 valence electrons. The number of nitrogens with zero attached hydrogens (tertiary/aromatic N) is 2. The molecule has 5 heteroatoms. The van der Waals surface area contributed by atoms with Crippen LogP contribution in [0.5, 0.6) is 5.75 Å². The number of aromatic amines is 1. The second-order valence-electron chi connectivity index (χ2n) is 5.10. The summed E-state index contributed by atoms with van der Waals surface area (Å²) in [6.07, 6.45) is 1.81. The number of benzene rings is 2. The second kappa shape index (κ2) is 5.91. The second-order valence-corrected chi connectivity index (χ2v) is 5.10. The van der Waals surface area contributed by atoms with Crippen molar-refractivity contribution in [2.24, 2.45) is 5.73 Å². The van der Waals surface area contributed by atoms with Crippen molar-refractivity contribution in [3.8, 4) is 17.0 Å². The van der Waals surface area contributed by atoms with Crippen LogP contribution in [0.15, 0.2) is 54.7 Å². The molecule has 4 N–H and O–H groups in total. The topological polar surface area (TPSA) is 78.2 Å². The minimum absolute atomic E-state index is 0.247. The molecule has 22 heavy (non-hydrogen) atoms. The van der Waals surface area contributed by atoms with E-state index in [1.54, 1.807) is 12.1 Å². The zero-order chi connectivity index (χ0) is 15.5. The number of rotatable bonds is 4. The third-order valence-electron chi connectivity index (χ3n) is 3.62. The number of anilines is 2. The van der Waals surface area contributed by atoms with E-state index in [-0.39, 0.29) is 5.75 Å². The summed E-state index contributed by atoms with van der Waals surface area (Å²) in [5, 5.41) is 9.35. The normalized spacial score (nSPS) is 10.6. The van der Waals surface area contributed by atoms with Gasteiger partial charge in [-0.05, 0) is 35.4 Å². The van der Waals surface area contributed by atoms with Crippen LogP contribution in [0.3, 0.4) is 0 Å². The van der Waals surface area contributed by atoms with Gasteiger partial charge in [-0.2, -0.15) is 0 Å². The number of phenols is 1. The maximum atomic E-state index is 9.35. The van der Waals surface area contributed by atoms with E-state index in [9.17, 15) is 5.11 Å². The first-order valence-electron chi connectivity index (χ1n) is 7.04. The van der Waals surface area contributed by atoms with Crippen LogP contribution in [0.1, 0.15) is 5.56 Å². The molecule has 0 atom stereocenters. The van der Waals surface area contributed by atoms with Crippen LogP contribution in [0.4, 0.5) is 11.6 Å². The van der Waals surface area contributed by atoms with Crippen LogP contribution in [-0.2, 0) is 6.54 Å². The molecule has 1 aromatic heterocycles. The highest BCUT2D eigenvalue weighted by molar-refractivity contribution is 5.64. The van der Waals surface area contributed by atoms with Gasteiger partial charge in [0.1, 0.15) is 5.75 Å². The van der Waals surface area contributed by atoms with Crippen LogP contribution in [0.2, 0.25) is 0 Å². The first kappa shape index (κ1) is 14.2. The summed E-state index contributed by atoms with van der Waals surface area (Å²) in [7, 11) is 1.92. The molecule has 0 saturated carbocycles. The third kappa shape index (κ3) is 2.80. The molecule has 0 saturated heterocycles. The van der Waals surface area contributed by atoms with Crippen molar-refractivity contribution in [1.82, 2.24) is 9.97 Å². The molecule has 5 nitrogen and oxygen atoms in total. The molecule has 0 aliphatic carbocycles. The Kier molecular flexibility index (Phi) is 3.80. The van der Waals surface area contributed by atoms with Gasteiger partial charge in [-0.1, -0.05) is 24.3 Å². The average molecular weight is 294 g/mol. The number of imidazole rings is 1. The van der Waals surface area contributed by atoms with Crippen LogP contribution in [0.25, 0.3) is 11.3 Å². The highest BCUT2D eigenvalue weighted by atomic mass is 16.3. The first-order valence-corrected chi connectivity index (χ1v) is 7.04. The van der Waals surface area contributed by atoms with E-state index in [0.717, 1.165) is 28.5 Å². The number of aromatic hydroxyl groups is 1. The summed E-state index contributed by atoms with van der Waals surface area (Å²) in [6, 6.07) is 15.1. The van der Waals surface area contributed by atoms with E-state index >= 15 is 0 Å². The lowest BCUT2D eigenvalue weighted by atomic mass is 10.1. The largest absolute Gasteiger partial charge is 0.508 e. The van der Waals surface area contributed by atoms with Crippen molar-refractivity contribution in [1.29, 1.82) is 0 Å². The van der Waals surface area contributed by atoms with Gasteiger partial charge in [-0.15, -0.1) is 0 Å². The van der Waals surface area contributed by atoms with Gasteiger partial charge >= 0.3 is 0 Å². The lowest BCUT2D eigenvalue weighted by molar-refractivity contribution is 0.475. The quantitative estimate of drug-likeness (QED) is 0.691. The Morgan fingerprint density at radius 2 is 1.77 bits per heavy atom. The number of aromatic nitrogens is 2. The number of phenolic OH excluding ortho intramolecular Hbond substituents is 1. The van der Waals surface area contributed by atoms with Crippen molar-refractivity contribution < 1.29 is 5.11 Å². The predicted octanol–water partition coefficient (Wildman–Crippen LogP) is 3.01. The maximum Gasteiger partial charge on any atom is 0.207 e. The number of nitrogens with two attached hydrogens (primary N) is 1. The van der Waals surface area contributed by atoms with Gasteiger partial charge in [-0.25, -0.2) is 4.98 Å². The molecule has 0 bridgehead atoms. The van der Waals surface area contributed by atoms with Crippen LogP contribution >= 0.6 is 0 Å². The predicted molar refractivity (Wildman–Crippen MR) is 88.1 cm³/mol. The fraction of sp³-hybridized carbons (Fsp3) is 0.118. The Morgan fingerprint density at radius 1 is 1.09 bits per heavy atom. The third-order valence-corrected chi connectivity index (χ3v) is 3.62. The van der Waals surface area contributed by atoms with Crippen LogP contribution in [0, 0.1) is 0 Å². The van der Waals surface area contributed by atoms with Gasteiger partial charge in [0.05, 0.1) is 11.9 Å². The van der Waals surface area contributed by atoms with E-state index in [2.05, 4.69) is 9.97 Å². The molecule has 0 fully saturated rings. The van der Waals surface area contributed by atoms with Crippen molar-refractivity contribution in [2.75, 3.05) is 11.9 Å². The van der Waals surface area contributed by atoms with E-state index in [1.165, 1.54) is 0 Å². The molecular weight excluding hydrogens is 276 g/mol. The zero-order valence-electron chi connectivity index (χ0n) is 12.3. The standard InChI is InChI=1S/C17H18N4O/c1-21(14-6-8-15(22)9-7-14)17-19-11-16(20-17)13-4-2-12(10-18)3-5-13/h2-9,11,22H,10,18H2,1H3,(H,19,20). The van der Waals surface area contributed by atoms with Crippen LogP contribution in [-0.4, -0.2) is 22.1 Å². The van der Waals surface area contributed by atoms with Crippen LogP contribution < -0.4 is 10.6 Å². The molecule has 0 amide bonds. The minimum atomic E-state index is 0.247. The Bertz CT molecular complexity index is 747. The van der Waals surface area contributed by atoms with Gasteiger partial charge in [0.2, 0.25) is 5.95 Å². The Balaban J connectivity index is 1.84. The van der Waals surface area contributed by atoms with Crippen molar-refractivity contribution >= 4 is 11.6 Å². The fourth-order valence-electron chi connectivity index (χ4n) is 2.25. The zero-order valence-corrected chi connectivity index (χ0v) is 12.3. The number of hydrogen-bond acceptors (Lipinski definition) is 4. The lowest BCUT2D eigenvalue weighted by Gasteiger charge is -2.15. The maximum absolute atomic E-state index is 9.35. The van der Waals surface area contributed by atoms with Gasteiger partial charge in [0.15, 0.2) is 0 Å². The lowest BCUT2D eigenvalue weighted by Crippen LogP contribution is -2.10. The molecular formula is C17H18N4O. The minimum Gasteiger partial charge on any atom is -0.508 e. The molecule has 0 unspecified atom stereocenters. The molecule has 3 rings (SSSR count). The van der Waals surface area contributed by atoms with Crippen molar-refractivity contribution in [2.45, 2.75) is 6.54 Å².